The number of carboxylic acid groups (broad SMARTS) is 1. The van der Waals surface area contributed by atoms with Gasteiger partial charge < -0.3 is 20.5 Å². The number of hydrogen-bond donors (Lipinski definition) is 3. The molecule has 1 aliphatic heterocycles. The fourth-order valence-electron chi connectivity index (χ4n) is 2.94. The fourth-order valence-corrected chi connectivity index (χ4v) is 3.41. The lowest BCUT2D eigenvalue weighted by Crippen LogP contribution is -2.47. The van der Waals surface area contributed by atoms with Crippen LogP contribution in [0.1, 0.15) is 31.2 Å². The predicted molar refractivity (Wildman–Crippen MR) is 91.9 cm³/mol. The zero-order valence-electron chi connectivity index (χ0n) is 13.2. The molecule has 0 aliphatic carbocycles. The highest BCUT2D eigenvalue weighted by molar-refractivity contribution is 6.42. The van der Waals surface area contributed by atoms with E-state index in [2.05, 4.69) is 10.6 Å². The van der Waals surface area contributed by atoms with Crippen LogP contribution >= 0.6 is 23.2 Å². The number of rotatable bonds is 6. The number of carboxylic acids is 1. The minimum absolute atomic E-state index is 0.176. The van der Waals surface area contributed by atoms with Crippen molar-refractivity contribution in [2.24, 2.45) is 0 Å². The van der Waals surface area contributed by atoms with Crippen molar-refractivity contribution in [2.75, 3.05) is 20.2 Å². The number of hydrogen-bond acceptors (Lipinski definition) is 4. The zero-order valence-corrected chi connectivity index (χ0v) is 14.7. The summed E-state index contributed by atoms with van der Waals surface area (Å²) in [6, 6.07) is 3.18. The number of aliphatic carboxylic acids is 1. The number of nitrogens with one attached hydrogen (secondary N) is 2. The second-order valence-electron chi connectivity index (χ2n) is 5.82. The largest absolute Gasteiger partial charge is 0.496 e. The van der Waals surface area contributed by atoms with E-state index >= 15 is 0 Å². The molecule has 1 aromatic carbocycles. The summed E-state index contributed by atoms with van der Waals surface area (Å²) in [6.45, 7) is 3.06. The molecule has 1 saturated heterocycles. The molecule has 23 heavy (non-hydrogen) atoms. The summed E-state index contributed by atoms with van der Waals surface area (Å²) < 4.78 is 5.44. The minimum Gasteiger partial charge on any atom is -0.496 e. The Morgan fingerprint density at radius 1 is 1.52 bits per heavy atom. The summed E-state index contributed by atoms with van der Waals surface area (Å²) in [5, 5.41) is 16.5. The summed E-state index contributed by atoms with van der Waals surface area (Å²) in [7, 11) is 1.62. The van der Waals surface area contributed by atoms with Crippen LogP contribution in [0.15, 0.2) is 12.1 Å². The van der Waals surface area contributed by atoms with Gasteiger partial charge in [-0.2, -0.15) is 0 Å². The van der Waals surface area contributed by atoms with Gasteiger partial charge in [-0.1, -0.05) is 23.2 Å². The summed E-state index contributed by atoms with van der Waals surface area (Å²) in [6.07, 6.45) is 1.77. The molecule has 0 spiro atoms. The average molecular weight is 361 g/mol. The van der Waals surface area contributed by atoms with E-state index in [1.165, 1.54) is 0 Å². The van der Waals surface area contributed by atoms with E-state index in [0.717, 1.165) is 30.7 Å². The van der Waals surface area contributed by atoms with Gasteiger partial charge in [0.2, 0.25) is 0 Å². The first-order valence-electron chi connectivity index (χ1n) is 7.65. The Hall–Kier alpha value is -1.01. The lowest BCUT2D eigenvalue weighted by molar-refractivity contribution is -0.139. The van der Waals surface area contributed by atoms with Crippen LogP contribution in [0.5, 0.6) is 5.75 Å². The van der Waals surface area contributed by atoms with Gasteiger partial charge in [0.05, 0.1) is 17.2 Å². The molecule has 7 heteroatoms. The van der Waals surface area contributed by atoms with Gasteiger partial charge in [-0.05, 0) is 44.4 Å². The molecule has 0 radical (unpaired) electrons. The summed E-state index contributed by atoms with van der Waals surface area (Å²) in [5.41, 5.74) is 0.944. The van der Waals surface area contributed by atoms with E-state index in [1.54, 1.807) is 20.1 Å². The number of ether oxygens (including phenoxy) is 1. The highest BCUT2D eigenvalue weighted by Gasteiger charge is 2.28. The smallest absolute Gasteiger partial charge is 0.320 e. The van der Waals surface area contributed by atoms with Crippen LogP contribution in [-0.2, 0) is 4.79 Å². The van der Waals surface area contributed by atoms with Gasteiger partial charge in [0.1, 0.15) is 11.8 Å². The topological polar surface area (TPSA) is 70.6 Å². The van der Waals surface area contributed by atoms with Crippen LogP contribution in [0, 0.1) is 0 Å². The van der Waals surface area contributed by atoms with Crippen molar-refractivity contribution in [1.82, 2.24) is 10.6 Å². The molecule has 128 valence electrons. The van der Waals surface area contributed by atoms with Crippen molar-refractivity contribution < 1.29 is 14.6 Å². The third-order valence-electron chi connectivity index (χ3n) is 4.26. The maximum atomic E-state index is 10.9. The van der Waals surface area contributed by atoms with E-state index < -0.39 is 12.0 Å². The van der Waals surface area contributed by atoms with E-state index in [4.69, 9.17) is 33.0 Å². The fraction of sp³-hybridized carbons (Fsp3) is 0.562. The summed E-state index contributed by atoms with van der Waals surface area (Å²) >= 11 is 12.6. The Bertz CT molecular complexity index is 569. The SMILES string of the molecule is COc1ccc(Cl)c(Cl)c1[C@@H]1CCN[C@H](CN[C@@H](C)C(=O)O)C1. The maximum Gasteiger partial charge on any atom is 0.320 e. The zero-order chi connectivity index (χ0) is 17.0. The molecule has 5 nitrogen and oxygen atoms in total. The third kappa shape index (κ3) is 4.51. The number of methoxy groups -OCH3 is 1. The number of halogens is 2. The normalized spacial score (nSPS) is 22.6. The molecule has 1 aliphatic rings. The second kappa shape index (κ2) is 8.20. The molecule has 3 N–H and O–H groups in total. The van der Waals surface area contributed by atoms with Crippen molar-refractivity contribution in [2.45, 2.75) is 37.8 Å². The average Bonchev–Trinajstić information content (AvgIpc) is 2.55. The molecule has 0 saturated carbocycles. The first kappa shape index (κ1) is 18.3. The van der Waals surface area contributed by atoms with Crippen LogP contribution in [0.3, 0.4) is 0 Å². The minimum atomic E-state index is -0.850. The number of piperidine rings is 1. The van der Waals surface area contributed by atoms with Crippen LogP contribution < -0.4 is 15.4 Å². The monoisotopic (exact) mass is 360 g/mol. The second-order valence-corrected chi connectivity index (χ2v) is 6.60. The van der Waals surface area contributed by atoms with Gasteiger partial charge in [0.15, 0.2) is 0 Å². The van der Waals surface area contributed by atoms with E-state index in [0.29, 0.717) is 16.6 Å². The van der Waals surface area contributed by atoms with Crippen molar-refractivity contribution in [3.63, 3.8) is 0 Å². The maximum absolute atomic E-state index is 10.9. The molecule has 0 unspecified atom stereocenters. The van der Waals surface area contributed by atoms with Gasteiger partial charge in [0, 0.05) is 18.2 Å². The lowest BCUT2D eigenvalue weighted by Gasteiger charge is -2.32. The molecule has 0 aromatic heterocycles. The van der Waals surface area contributed by atoms with Gasteiger partial charge >= 0.3 is 5.97 Å². The Morgan fingerprint density at radius 2 is 2.26 bits per heavy atom. The van der Waals surface area contributed by atoms with Crippen molar-refractivity contribution in [3.8, 4) is 5.75 Å². The summed E-state index contributed by atoms with van der Waals surface area (Å²) in [4.78, 5) is 10.9. The predicted octanol–water partition coefficient (Wildman–Crippen LogP) is 2.90. The van der Waals surface area contributed by atoms with Crippen LogP contribution in [0.4, 0.5) is 0 Å². The van der Waals surface area contributed by atoms with Crippen LogP contribution in [-0.4, -0.2) is 43.4 Å². The first-order valence-corrected chi connectivity index (χ1v) is 8.41. The van der Waals surface area contributed by atoms with E-state index in [-0.39, 0.29) is 12.0 Å². The third-order valence-corrected chi connectivity index (χ3v) is 5.08. The molecular weight excluding hydrogens is 339 g/mol. The first-order chi connectivity index (χ1) is 10.9. The van der Waals surface area contributed by atoms with Crippen molar-refractivity contribution in [3.05, 3.63) is 27.7 Å². The molecule has 1 aromatic rings. The van der Waals surface area contributed by atoms with Crippen LogP contribution in [0.2, 0.25) is 10.0 Å². The highest BCUT2D eigenvalue weighted by atomic mass is 35.5. The van der Waals surface area contributed by atoms with Crippen LogP contribution in [0.25, 0.3) is 0 Å². The molecule has 2 rings (SSSR count). The molecule has 0 bridgehead atoms. The molecule has 3 atom stereocenters. The number of benzene rings is 1. The Morgan fingerprint density at radius 3 is 2.91 bits per heavy atom. The Labute approximate surface area is 146 Å². The van der Waals surface area contributed by atoms with Crippen molar-refractivity contribution >= 4 is 29.2 Å². The Balaban J connectivity index is 2.09. The standard InChI is InChI=1S/C16H22Cl2N2O3/c1-9(16(21)22)20-8-11-7-10(5-6-19-11)14-13(23-2)4-3-12(17)15(14)18/h3-4,9-11,19-20H,5-8H2,1-2H3,(H,21,22)/t9-,10+,11-/m0/s1. The lowest BCUT2D eigenvalue weighted by atomic mass is 9.85. The Kier molecular flexibility index (Phi) is 6.53. The van der Waals surface area contributed by atoms with E-state index in [9.17, 15) is 4.79 Å². The molecular formula is C16H22Cl2N2O3. The molecule has 1 fully saturated rings. The van der Waals surface area contributed by atoms with Gasteiger partial charge in [0.25, 0.3) is 0 Å². The quantitative estimate of drug-likeness (QED) is 0.727. The van der Waals surface area contributed by atoms with E-state index in [1.807, 2.05) is 6.07 Å². The van der Waals surface area contributed by atoms with Gasteiger partial charge in [-0.25, -0.2) is 0 Å². The highest BCUT2D eigenvalue weighted by Crippen LogP contribution is 2.42. The molecule has 0 amide bonds. The summed E-state index contributed by atoms with van der Waals surface area (Å²) in [5.74, 6) is 0.123. The van der Waals surface area contributed by atoms with Gasteiger partial charge in [-0.3, -0.25) is 4.79 Å². The molecule has 1 heterocycles. The van der Waals surface area contributed by atoms with Gasteiger partial charge in [-0.15, -0.1) is 0 Å². The van der Waals surface area contributed by atoms with Crippen molar-refractivity contribution in [1.29, 1.82) is 0 Å². The number of carbonyl (C=O) groups is 1.